The largest absolute Gasteiger partial charge is 0.330 e. The zero-order valence-corrected chi connectivity index (χ0v) is 12.2. The molecule has 2 rings (SSSR count). The minimum Gasteiger partial charge on any atom is -0.330 e. The number of nitrogens with one attached hydrogen (secondary N) is 1. The van der Waals surface area contributed by atoms with Crippen LogP contribution in [0.2, 0.25) is 0 Å². The standard InChI is InChI=1S/C14H21FN2O2S/c15-13-7-3-4-8-14(13)20(18,19)17-10-12-6-2-1-5-11(12)9-16/h3-4,7-8,11-12,17H,1-2,5-6,9-10,16H2. The van der Waals surface area contributed by atoms with Crippen molar-refractivity contribution in [3.8, 4) is 0 Å². The summed E-state index contributed by atoms with van der Waals surface area (Å²) in [7, 11) is -3.79. The summed E-state index contributed by atoms with van der Waals surface area (Å²) >= 11 is 0. The molecule has 4 nitrogen and oxygen atoms in total. The maximum atomic E-state index is 13.6. The van der Waals surface area contributed by atoms with Crippen molar-refractivity contribution in [2.24, 2.45) is 17.6 Å². The fraction of sp³-hybridized carbons (Fsp3) is 0.571. The molecule has 1 aliphatic carbocycles. The summed E-state index contributed by atoms with van der Waals surface area (Å²) in [6.07, 6.45) is 4.27. The van der Waals surface area contributed by atoms with Gasteiger partial charge in [0.05, 0.1) is 0 Å². The van der Waals surface area contributed by atoms with E-state index in [1.165, 1.54) is 18.2 Å². The first-order chi connectivity index (χ1) is 9.54. The van der Waals surface area contributed by atoms with Crippen LogP contribution in [0.3, 0.4) is 0 Å². The van der Waals surface area contributed by atoms with Crippen LogP contribution in [-0.4, -0.2) is 21.5 Å². The highest BCUT2D eigenvalue weighted by Gasteiger charge is 2.26. The molecule has 1 aliphatic rings. The number of benzene rings is 1. The van der Waals surface area contributed by atoms with Gasteiger partial charge < -0.3 is 5.73 Å². The number of halogens is 1. The highest BCUT2D eigenvalue weighted by molar-refractivity contribution is 7.89. The van der Waals surface area contributed by atoms with Gasteiger partial charge in [0.15, 0.2) is 0 Å². The number of nitrogens with two attached hydrogens (primary N) is 1. The van der Waals surface area contributed by atoms with E-state index < -0.39 is 15.8 Å². The molecule has 1 fully saturated rings. The van der Waals surface area contributed by atoms with Gasteiger partial charge in [0.1, 0.15) is 10.7 Å². The van der Waals surface area contributed by atoms with Gasteiger partial charge in [-0.2, -0.15) is 0 Å². The van der Waals surface area contributed by atoms with Gasteiger partial charge >= 0.3 is 0 Å². The van der Waals surface area contributed by atoms with Crippen molar-refractivity contribution >= 4 is 10.0 Å². The Hall–Kier alpha value is -0.980. The highest BCUT2D eigenvalue weighted by Crippen LogP contribution is 2.29. The van der Waals surface area contributed by atoms with E-state index in [0.717, 1.165) is 31.7 Å². The van der Waals surface area contributed by atoms with E-state index in [0.29, 0.717) is 19.0 Å². The Balaban J connectivity index is 2.04. The molecular formula is C14H21FN2O2S. The molecule has 1 saturated carbocycles. The Morgan fingerprint density at radius 3 is 2.50 bits per heavy atom. The van der Waals surface area contributed by atoms with Gasteiger partial charge in [-0.05, 0) is 43.4 Å². The lowest BCUT2D eigenvalue weighted by Crippen LogP contribution is -2.37. The van der Waals surface area contributed by atoms with Crippen LogP contribution in [0.5, 0.6) is 0 Å². The average molecular weight is 300 g/mol. The van der Waals surface area contributed by atoms with Gasteiger partial charge in [-0.1, -0.05) is 25.0 Å². The van der Waals surface area contributed by atoms with E-state index in [2.05, 4.69) is 4.72 Å². The van der Waals surface area contributed by atoms with E-state index in [9.17, 15) is 12.8 Å². The van der Waals surface area contributed by atoms with Crippen LogP contribution in [0, 0.1) is 17.7 Å². The Morgan fingerprint density at radius 1 is 1.20 bits per heavy atom. The van der Waals surface area contributed by atoms with E-state index in [4.69, 9.17) is 5.73 Å². The van der Waals surface area contributed by atoms with Crippen molar-refractivity contribution in [3.05, 3.63) is 30.1 Å². The van der Waals surface area contributed by atoms with Crippen molar-refractivity contribution in [3.63, 3.8) is 0 Å². The SMILES string of the molecule is NCC1CCCCC1CNS(=O)(=O)c1ccccc1F. The summed E-state index contributed by atoms with van der Waals surface area (Å²) in [5.74, 6) is -0.124. The zero-order chi connectivity index (χ0) is 14.6. The third kappa shape index (κ3) is 3.56. The number of sulfonamides is 1. The lowest BCUT2D eigenvalue weighted by molar-refractivity contribution is 0.244. The number of hydrogen-bond donors (Lipinski definition) is 2. The third-order valence-electron chi connectivity index (χ3n) is 4.03. The lowest BCUT2D eigenvalue weighted by Gasteiger charge is -2.30. The minimum atomic E-state index is -3.79. The Labute approximate surface area is 119 Å². The molecule has 2 atom stereocenters. The van der Waals surface area contributed by atoms with Crippen molar-refractivity contribution in [1.29, 1.82) is 0 Å². The topological polar surface area (TPSA) is 72.2 Å². The van der Waals surface area contributed by atoms with E-state index in [-0.39, 0.29) is 10.8 Å². The summed E-state index contributed by atoms with van der Waals surface area (Å²) in [6, 6.07) is 5.41. The van der Waals surface area contributed by atoms with Crippen LogP contribution in [0.25, 0.3) is 0 Å². The molecule has 2 unspecified atom stereocenters. The van der Waals surface area contributed by atoms with Gasteiger partial charge in [-0.3, -0.25) is 0 Å². The fourth-order valence-corrected chi connectivity index (χ4v) is 3.99. The summed E-state index contributed by atoms with van der Waals surface area (Å²) in [4.78, 5) is -0.292. The molecule has 0 aliphatic heterocycles. The van der Waals surface area contributed by atoms with E-state index in [1.807, 2.05) is 0 Å². The van der Waals surface area contributed by atoms with Gasteiger partial charge in [-0.15, -0.1) is 0 Å². The summed E-state index contributed by atoms with van der Waals surface area (Å²) < 4.78 is 40.3. The van der Waals surface area contributed by atoms with Gasteiger partial charge in [-0.25, -0.2) is 17.5 Å². The molecule has 0 saturated heterocycles. The van der Waals surface area contributed by atoms with Gasteiger partial charge in [0.25, 0.3) is 0 Å². The highest BCUT2D eigenvalue weighted by atomic mass is 32.2. The monoisotopic (exact) mass is 300 g/mol. The predicted octanol–water partition coefficient (Wildman–Crippen LogP) is 1.87. The smallest absolute Gasteiger partial charge is 0.243 e. The molecule has 0 amide bonds. The van der Waals surface area contributed by atoms with Crippen molar-refractivity contribution in [2.45, 2.75) is 30.6 Å². The van der Waals surface area contributed by atoms with Crippen LogP contribution >= 0.6 is 0 Å². The summed E-state index contributed by atoms with van der Waals surface area (Å²) in [5.41, 5.74) is 5.73. The zero-order valence-electron chi connectivity index (χ0n) is 11.4. The van der Waals surface area contributed by atoms with Crippen LogP contribution < -0.4 is 10.5 Å². The van der Waals surface area contributed by atoms with Crippen LogP contribution in [-0.2, 0) is 10.0 Å². The minimum absolute atomic E-state index is 0.246. The Bertz CT molecular complexity index is 548. The molecule has 1 aromatic carbocycles. The maximum absolute atomic E-state index is 13.6. The normalized spacial score (nSPS) is 23.7. The summed E-state index contributed by atoms with van der Waals surface area (Å²) in [6.45, 7) is 0.907. The maximum Gasteiger partial charge on any atom is 0.243 e. The third-order valence-corrected chi connectivity index (χ3v) is 5.49. The molecule has 0 radical (unpaired) electrons. The molecule has 6 heteroatoms. The predicted molar refractivity (Wildman–Crippen MR) is 76.1 cm³/mol. The molecule has 0 heterocycles. The average Bonchev–Trinajstić information content (AvgIpc) is 2.46. The first-order valence-electron chi connectivity index (χ1n) is 6.99. The first-order valence-corrected chi connectivity index (χ1v) is 8.47. The van der Waals surface area contributed by atoms with Crippen LogP contribution in [0.1, 0.15) is 25.7 Å². The van der Waals surface area contributed by atoms with E-state index >= 15 is 0 Å². The summed E-state index contributed by atoms with van der Waals surface area (Å²) in [5, 5.41) is 0. The van der Waals surface area contributed by atoms with Crippen molar-refractivity contribution in [2.75, 3.05) is 13.1 Å². The molecule has 112 valence electrons. The molecule has 1 aromatic rings. The number of rotatable bonds is 5. The van der Waals surface area contributed by atoms with E-state index in [1.54, 1.807) is 0 Å². The second-order valence-electron chi connectivity index (χ2n) is 5.32. The Kier molecular flexibility index (Phi) is 5.12. The molecule has 20 heavy (non-hydrogen) atoms. The molecule has 0 aromatic heterocycles. The Morgan fingerprint density at radius 2 is 1.85 bits per heavy atom. The molecule has 0 spiro atoms. The second kappa shape index (κ2) is 6.65. The molecular weight excluding hydrogens is 279 g/mol. The van der Waals surface area contributed by atoms with Crippen LogP contribution in [0.4, 0.5) is 4.39 Å². The number of hydrogen-bond acceptors (Lipinski definition) is 3. The molecule has 3 N–H and O–H groups in total. The molecule has 0 bridgehead atoms. The second-order valence-corrected chi connectivity index (χ2v) is 7.06. The van der Waals surface area contributed by atoms with Crippen molar-refractivity contribution in [1.82, 2.24) is 4.72 Å². The fourth-order valence-electron chi connectivity index (χ4n) is 2.82. The lowest BCUT2D eigenvalue weighted by atomic mass is 9.79. The van der Waals surface area contributed by atoms with Gasteiger partial charge in [0, 0.05) is 6.54 Å². The quantitative estimate of drug-likeness (QED) is 0.872. The first kappa shape index (κ1) is 15.4. The van der Waals surface area contributed by atoms with Crippen molar-refractivity contribution < 1.29 is 12.8 Å². The van der Waals surface area contributed by atoms with Crippen LogP contribution in [0.15, 0.2) is 29.2 Å². The van der Waals surface area contributed by atoms with Gasteiger partial charge in [0.2, 0.25) is 10.0 Å².